The van der Waals surface area contributed by atoms with E-state index in [-0.39, 0.29) is 18.7 Å². The van der Waals surface area contributed by atoms with Gasteiger partial charge >= 0.3 is 5.97 Å². The first-order chi connectivity index (χ1) is 13.3. The highest BCUT2D eigenvalue weighted by atomic mass is 35.5. The van der Waals surface area contributed by atoms with Crippen LogP contribution in [0.4, 0.5) is 10.1 Å². The molecule has 148 valence electrons. The van der Waals surface area contributed by atoms with Gasteiger partial charge in [0.2, 0.25) is 5.91 Å². The molecule has 2 aromatic rings. The van der Waals surface area contributed by atoms with E-state index >= 15 is 0 Å². The lowest BCUT2D eigenvalue weighted by Gasteiger charge is -2.20. The third-order valence-corrected chi connectivity index (χ3v) is 4.16. The van der Waals surface area contributed by atoms with Crippen molar-refractivity contribution in [1.82, 2.24) is 4.90 Å². The van der Waals surface area contributed by atoms with Gasteiger partial charge in [-0.15, -0.1) is 0 Å². The van der Waals surface area contributed by atoms with Gasteiger partial charge in [0.15, 0.2) is 6.61 Å². The summed E-state index contributed by atoms with van der Waals surface area (Å²) in [5.41, 5.74) is 1.39. The maximum atomic E-state index is 13.1. The molecule has 0 radical (unpaired) electrons. The van der Waals surface area contributed by atoms with Crippen LogP contribution in [-0.2, 0) is 14.3 Å². The lowest BCUT2D eigenvalue weighted by molar-refractivity contribution is -0.137. The Morgan fingerprint density at radius 1 is 1.18 bits per heavy atom. The Morgan fingerprint density at radius 2 is 1.93 bits per heavy atom. The van der Waals surface area contributed by atoms with E-state index in [0.29, 0.717) is 10.7 Å². The Morgan fingerprint density at radius 3 is 2.61 bits per heavy atom. The highest BCUT2D eigenvalue weighted by Crippen LogP contribution is 2.20. The van der Waals surface area contributed by atoms with Crippen molar-refractivity contribution in [2.75, 3.05) is 25.0 Å². The van der Waals surface area contributed by atoms with Crippen molar-refractivity contribution in [1.29, 1.82) is 0 Å². The Bertz CT molecular complexity index is 888. The molecule has 0 aliphatic rings. The third-order valence-electron chi connectivity index (χ3n) is 3.93. The highest BCUT2D eigenvalue weighted by Gasteiger charge is 2.18. The minimum absolute atomic E-state index is 0.00465. The van der Waals surface area contributed by atoms with Gasteiger partial charge in [0.25, 0.3) is 5.91 Å². The monoisotopic (exact) mass is 406 g/mol. The van der Waals surface area contributed by atoms with Crippen molar-refractivity contribution in [2.24, 2.45) is 0 Å². The van der Waals surface area contributed by atoms with Gasteiger partial charge in [-0.3, -0.25) is 9.59 Å². The normalized spacial score (nSPS) is 10.3. The molecule has 0 atom stereocenters. The molecule has 1 N–H and O–H groups in total. The number of carbonyl (C=O) groups excluding carboxylic acids is 3. The minimum Gasteiger partial charge on any atom is -0.452 e. The maximum absolute atomic E-state index is 13.1. The number of esters is 1. The Balaban J connectivity index is 1.91. The average Bonchev–Trinajstić information content (AvgIpc) is 2.66. The van der Waals surface area contributed by atoms with Crippen LogP contribution in [0.15, 0.2) is 42.5 Å². The van der Waals surface area contributed by atoms with Crippen molar-refractivity contribution in [2.45, 2.75) is 13.8 Å². The SMILES string of the molecule is CCN(CC(=O)Nc1cc(Cl)ccc1C)C(=O)COC(=O)c1cccc(F)c1. The standard InChI is InChI=1S/C20H20ClFN2O4/c1-3-24(11-18(25)23-17-10-15(21)8-7-13(17)2)19(26)12-28-20(27)14-5-4-6-16(22)9-14/h4-10H,3,11-12H2,1-2H3,(H,23,25). The zero-order chi connectivity index (χ0) is 20.7. The van der Waals surface area contributed by atoms with Gasteiger partial charge in [-0.2, -0.15) is 0 Å². The first-order valence-electron chi connectivity index (χ1n) is 8.56. The molecule has 0 fully saturated rings. The van der Waals surface area contributed by atoms with Crippen molar-refractivity contribution >= 4 is 35.1 Å². The molecule has 0 saturated heterocycles. The molecule has 8 heteroatoms. The number of rotatable bonds is 7. The molecule has 28 heavy (non-hydrogen) atoms. The Kier molecular flexibility index (Phi) is 7.52. The lowest BCUT2D eigenvalue weighted by Crippen LogP contribution is -2.40. The summed E-state index contributed by atoms with van der Waals surface area (Å²) in [4.78, 5) is 37.6. The zero-order valence-corrected chi connectivity index (χ0v) is 16.3. The van der Waals surface area contributed by atoms with Crippen molar-refractivity contribution < 1.29 is 23.5 Å². The molecule has 0 spiro atoms. The fourth-order valence-electron chi connectivity index (χ4n) is 2.39. The number of hydrogen-bond donors (Lipinski definition) is 1. The molecule has 0 aliphatic heterocycles. The van der Waals surface area contributed by atoms with Gasteiger partial charge in [0.1, 0.15) is 5.82 Å². The molecule has 0 heterocycles. The van der Waals surface area contributed by atoms with Crippen LogP contribution in [0.3, 0.4) is 0 Å². The molecule has 2 aromatic carbocycles. The van der Waals surface area contributed by atoms with E-state index in [1.165, 1.54) is 23.1 Å². The summed E-state index contributed by atoms with van der Waals surface area (Å²) < 4.78 is 18.1. The van der Waals surface area contributed by atoms with Crippen molar-refractivity contribution in [3.8, 4) is 0 Å². The van der Waals surface area contributed by atoms with Crippen LogP contribution in [0.25, 0.3) is 0 Å². The second-order valence-electron chi connectivity index (χ2n) is 6.00. The van der Waals surface area contributed by atoms with Gasteiger partial charge in [-0.25, -0.2) is 9.18 Å². The largest absolute Gasteiger partial charge is 0.452 e. The predicted molar refractivity (Wildman–Crippen MR) is 104 cm³/mol. The van der Waals surface area contributed by atoms with E-state index < -0.39 is 30.2 Å². The molecule has 0 unspecified atom stereocenters. The molecule has 2 rings (SSSR count). The number of benzene rings is 2. The number of aryl methyl sites for hydroxylation is 1. The first kappa shape index (κ1) is 21.4. The number of amides is 2. The smallest absolute Gasteiger partial charge is 0.338 e. The molecular formula is C20H20ClFN2O4. The van der Waals surface area contributed by atoms with Crippen molar-refractivity contribution in [3.63, 3.8) is 0 Å². The lowest BCUT2D eigenvalue weighted by atomic mass is 10.2. The quantitative estimate of drug-likeness (QED) is 0.715. The average molecular weight is 407 g/mol. The van der Waals surface area contributed by atoms with E-state index in [1.807, 2.05) is 6.92 Å². The molecule has 2 amide bonds. The van der Waals surface area contributed by atoms with Crippen LogP contribution in [0.5, 0.6) is 0 Å². The van der Waals surface area contributed by atoms with Crippen LogP contribution in [0, 0.1) is 12.7 Å². The topological polar surface area (TPSA) is 75.7 Å². The van der Waals surface area contributed by atoms with E-state index in [0.717, 1.165) is 11.6 Å². The molecule has 6 nitrogen and oxygen atoms in total. The Labute approximate surface area is 167 Å². The van der Waals surface area contributed by atoms with Gasteiger partial charge in [-0.05, 0) is 49.7 Å². The number of hydrogen-bond acceptors (Lipinski definition) is 4. The summed E-state index contributed by atoms with van der Waals surface area (Å²) in [6.45, 7) is 3.01. The summed E-state index contributed by atoms with van der Waals surface area (Å²) in [5, 5.41) is 3.18. The van der Waals surface area contributed by atoms with Crippen LogP contribution in [-0.4, -0.2) is 42.4 Å². The summed E-state index contributed by atoms with van der Waals surface area (Å²) in [6, 6.07) is 10.1. The Hall–Kier alpha value is -2.93. The molecule has 0 bridgehead atoms. The molecule has 0 aliphatic carbocycles. The van der Waals surface area contributed by atoms with Gasteiger partial charge < -0.3 is 15.0 Å². The number of ether oxygens (including phenoxy) is 1. The van der Waals surface area contributed by atoms with E-state index in [2.05, 4.69) is 5.32 Å². The number of halogens is 2. The number of nitrogens with zero attached hydrogens (tertiary/aromatic N) is 1. The predicted octanol–water partition coefficient (Wildman–Crippen LogP) is 3.43. The van der Waals surface area contributed by atoms with Crippen molar-refractivity contribution in [3.05, 3.63) is 64.4 Å². The fourth-order valence-corrected chi connectivity index (χ4v) is 2.56. The van der Waals surface area contributed by atoms with Crippen LogP contribution in [0.2, 0.25) is 5.02 Å². The number of likely N-dealkylation sites (N-methyl/N-ethyl adjacent to an activating group) is 1. The second-order valence-corrected chi connectivity index (χ2v) is 6.44. The first-order valence-corrected chi connectivity index (χ1v) is 8.94. The summed E-state index contributed by atoms with van der Waals surface area (Å²) >= 11 is 5.93. The molecule has 0 aromatic heterocycles. The second kappa shape index (κ2) is 9.85. The van der Waals surface area contributed by atoms with E-state index in [9.17, 15) is 18.8 Å². The van der Waals surface area contributed by atoms with Crippen LogP contribution in [0.1, 0.15) is 22.8 Å². The minimum atomic E-state index is -0.817. The summed E-state index contributed by atoms with van der Waals surface area (Å²) in [6.07, 6.45) is 0. The van der Waals surface area contributed by atoms with Gasteiger partial charge in [0.05, 0.1) is 12.1 Å². The molecule has 0 saturated carbocycles. The zero-order valence-electron chi connectivity index (χ0n) is 15.5. The fraction of sp³-hybridized carbons (Fsp3) is 0.250. The van der Waals surface area contributed by atoms with E-state index in [1.54, 1.807) is 25.1 Å². The van der Waals surface area contributed by atoms with Gasteiger partial charge in [-0.1, -0.05) is 23.7 Å². The summed E-state index contributed by atoms with van der Waals surface area (Å²) in [7, 11) is 0. The number of nitrogens with one attached hydrogen (secondary N) is 1. The van der Waals surface area contributed by atoms with Crippen LogP contribution >= 0.6 is 11.6 Å². The third kappa shape index (κ3) is 6.06. The van der Waals surface area contributed by atoms with Gasteiger partial charge in [0, 0.05) is 17.3 Å². The van der Waals surface area contributed by atoms with E-state index in [4.69, 9.17) is 16.3 Å². The highest BCUT2D eigenvalue weighted by molar-refractivity contribution is 6.31. The number of carbonyl (C=O) groups is 3. The maximum Gasteiger partial charge on any atom is 0.338 e. The molecular weight excluding hydrogens is 387 g/mol. The summed E-state index contributed by atoms with van der Waals surface area (Å²) in [5.74, 6) is -2.34. The number of anilines is 1. The van der Waals surface area contributed by atoms with Crippen LogP contribution < -0.4 is 5.32 Å².